The summed E-state index contributed by atoms with van der Waals surface area (Å²) in [6, 6.07) is 6.27. The molecule has 1 aromatic carbocycles. The minimum Gasteiger partial charge on any atom is -0.324 e. The van der Waals surface area contributed by atoms with Crippen molar-refractivity contribution in [2.75, 3.05) is 5.32 Å². The highest BCUT2D eigenvalue weighted by atomic mass is 16.2. The number of hydrogen-bond donors (Lipinski definition) is 2. The lowest BCUT2D eigenvalue weighted by atomic mass is 9.82. The third-order valence-corrected chi connectivity index (χ3v) is 4.55. The predicted octanol–water partition coefficient (Wildman–Crippen LogP) is 2.78. The van der Waals surface area contributed by atoms with E-state index in [1.807, 2.05) is 6.07 Å². The second-order valence-corrected chi connectivity index (χ2v) is 6.01. The number of carbonyl (C=O) groups excluding carboxylic acids is 1. The Morgan fingerprint density at radius 1 is 1.05 bits per heavy atom. The summed E-state index contributed by atoms with van der Waals surface area (Å²) < 4.78 is 0. The van der Waals surface area contributed by atoms with Crippen LogP contribution in [0.15, 0.2) is 18.2 Å². The Bertz CT molecular complexity index is 490. The van der Waals surface area contributed by atoms with Gasteiger partial charge >= 0.3 is 0 Å². The molecular weight excluding hydrogens is 236 g/mol. The average molecular weight is 258 g/mol. The first-order valence-electron chi connectivity index (χ1n) is 7.40. The van der Waals surface area contributed by atoms with Gasteiger partial charge in [-0.05, 0) is 55.4 Å². The fourth-order valence-electron chi connectivity index (χ4n) is 3.31. The van der Waals surface area contributed by atoms with E-state index >= 15 is 0 Å². The number of hydrogen-bond acceptors (Lipinski definition) is 2. The Morgan fingerprint density at radius 2 is 1.79 bits per heavy atom. The molecule has 0 saturated heterocycles. The van der Waals surface area contributed by atoms with Crippen LogP contribution in [-0.4, -0.2) is 11.4 Å². The first-order valence-corrected chi connectivity index (χ1v) is 7.40. The number of fused-ring (bicyclic) bond motifs is 1. The van der Waals surface area contributed by atoms with Gasteiger partial charge in [0, 0.05) is 5.69 Å². The Morgan fingerprint density at radius 3 is 2.58 bits per heavy atom. The van der Waals surface area contributed by atoms with Crippen LogP contribution in [0.1, 0.15) is 49.7 Å². The van der Waals surface area contributed by atoms with Gasteiger partial charge in [-0.2, -0.15) is 0 Å². The monoisotopic (exact) mass is 258 g/mol. The van der Waals surface area contributed by atoms with E-state index in [-0.39, 0.29) is 5.91 Å². The number of rotatable bonds is 2. The minimum absolute atomic E-state index is 0.00912. The Labute approximate surface area is 114 Å². The molecule has 1 aromatic rings. The van der Waals surface area contributed by atoms with Crippen LogP contribution < -0.4 is 11.1 Å². The fourth-order valence-corrected chi connectivity index (χ4v) is 3.31. The molecule has 19 heavy (non-hydrogen) atoms. The molecule has 3 heteroatoms. The smallest absolute Gasteiger partial charge is 0.244 e. The summed E-state index contributed by atoms with van der Waals surface area (Å²) in [5, 5.41) is 3.02. The van der Waals surface area contributed by atoms with Gasteiger partial charge in [0.15, 0.2) is 0 Å². The minimum atomic E-state index is -0.655. The van der Waals surface area contributed by atoms with Crippen molar-refractivity contribution in [2.24, 2.45) is 5.73 Å². The molecule has 3 rings (SSSR count). The molecule has 0 aliphatic heterocycles. The highest BCUT2D eigenvalue weighted by molar-refractivity contribution is 5.98. The summed E-state index contributed by atoms with van der Waals surface area (Å²) in [5.41, 5.74) is 9.31. The first-order chi connectivity index (χ1) is 9.17. The second kappa shape index (κ2) is 4.97. The van der Waals surface area contributed by atoms with E-state index in [1.54, 1.807) is 0 Å². The standard InChI is InChI=1S/C16H22N2O/c17-16(9-2-1-3-10-16)15(19)18-14-8-7-12-5-4-6-13(12)11-14/h7-8,11H,1-6,9-10,17H2,(H,18,19). The number of nitrogens with two attached hydrogens (primary N) is 1. The number of amides is 1. The molecule has 2 aliphatic rings. The molecular formula is C16H22N2O. The van der Waals surface area contributed by atoms with Crippen LogP contribution in [0.3, 0.4) is 0 Å². The van der Waals surface area contributed by atoms with Gasteiger partial charge in [0.25, 0.3) is 0 Å². The maximum Gasteiger partial charge on any atom is 0.244 e. The van der Waals surface area contributed by atoms with Crippen LogP contribution in [0.4, 0.5) is 5.69 Å². The van der Waals surface area contributed by atoms with Crippen LogP contribution in [-0.2, 0) is 17.6 Å². The maximum atomic E-state index is 12.4. The lowest BCUT2D eigenvalue weighted by Crippen LogP contribution is -2.52. The highest BCUT2D eigenvalue weighted by Crippen LogP contribution is 2.29. The zero-order valence-electron chi connectivity index (χ0n) is 11.4. The normalized spacial score (nSPS) is 20.9. The summed E-state index contributed by atoms with van der Waals surface area (Å²) in [5.74, 6) is -0.00912. The summed E-state index contributed by atoms with van der Waals surface area (Å²) in [6.45, 7) is 0. The van der Waals surface area contributed by atoms with E-state index in [0.717, 1.165) is 37.8 Å². The third-order valence-electron chi connectivity index (χ3n) is 4.55. The summed E-state index contributed by atoms with van der Waals surface area (Å²) in [4.78, 5) is 12.4. The molecule has 2 aliphatic carbocycles. The molecule has 3 N–H and O–H groups in total. The van der Waals surface area contributed by atoms with Crippen LogP contribution in [0.5, 0.6) is 0 Å². The lowest BCUT2D eigenvalue weighted by molar-refractivity contribution is -0.122. The number of aryl methyl sites for hydroxylation is 2. The van der Waals surface area contributed by atoms with Crippen molar-refractivity contribution in [3.05, 3.63) is 29.3 Å². The van der Waals surface area contributed by atoms with Gasteiger partial charge in [-0.1, -0.05) is 25.3 Å². The second-order valence-electron chi connectivity index (χ2n) is 6.01. The van der Waals surface area contributed by atoms with E-state index < -0.39 is 5.54 Å². The molecule has 0 atom stereocenters. The summed E-state index contributed by atoms with van der Waals surface area (Å²) in [7, 11) is 0. The SMILES string of the molecule is NC1(C(=O)Nc2ccc3c(c2)CCC3)CCCCC1. The summed E-state index contributed by atoms with van der Waals surface area (Å²) >= 11 is 0. The van der Waals surface area contributed by atoms with E-state index in [2.05, 4.69) is 17.4 Å². The molecule has 0 spiro atoms. The van der Waals surface area contributed by atoms with Crippen molar-refractivity contribution in [3.63, 3.8) is 0 Å². The summed E-state index contributed by atoms with van der Waals surface area (Å²) in [6.07, 6.45) is 8.48. The largest absolute Gasteiger partial charge is 0.324 e. The maximum absolute atomic E-state index is 12.4. The zero-order valence-corrected chi connectivity index (χ0v) is 11.4. The number of carbonyl (C=O) groups is 1. The van der Waals surface area contributed by atoms with Crippen LogP contribution in [0.2, 0.25) is 0 Å². The van der Waals surface area contributed by atoms with Gasteiger partial charge < -0.3 is 11.1 Å². The van der Waals surface area contributed by atoms with Gasteiger partial charge in [-0.15, -0.1) is 0 Å². The molecule has 1 saturated carbocycles. The molecule has 102 valence electrons. The average Bonchev–Trinajstić information content (AvgIpc) is 2.87. The van der Waals surface area contributed by atoms with Crippen molar-refractivity contribution in [3.8, 4) is 0 Å². The Hall–Kier alpha value is -1.35. The Balaban J connectivity index is 1.72. The van der Waals surface area contributed by atoms with Gasteiger partial charge in [-0.3, -0.25) is 4.79 Å². The molecule has 0 bridgehead atoms. The third kappa shape index (κ3) is 2.52. The van der Waals surface area contributed by atoms with Gasteiger partial charge in [0.05, 0.1) is 5.54 Å². The molecule has 3 nitrogen and oxygen atoms in total. The molecule has 0 radical (unpaired) electrons. The van der Waals surface area contributed by atoms with Crippen molar-refractivity contribution >= 4 is 11.6 Å². The molecule has 0 unspecified atom stereocenters. The number of anilines is 1. The Kier molecular flexibility index (Phi) is 3.31. The number of nitrogens with one attached hydrogen (secondary N) is 1. The molecule has 0 aromatic heterocycles. The molecule has 1 fully saturated rings. The molecule has 1 amide bonds. The van der Waals surface area contributed by atoms with Gasteiger partial charge in [0.1, 0.15) is 0 Å². The van der Waals surface area contributed by atoms with Crippen molar-refractivity contribution in [2.45, 2.75) is 56.9 Å². The van der Waals surface area contributed by atoms with Crippen LogP contribution >= 0.6 is 0 Å². The van der Waals surface area contributed by atoms with E-state index in [0.29, 0.717) is 0 Å². The zero-order chi connectivity index (χ0) is 13.3. The predicted molar refractivity (Wildman–Crippen MR) is 77.1 cm³/mol. The van der Waals surface area contributed by atoms with Gasteiger partial charge in [-0.25, -0.2) is 0 Å². The topological polar surface area (TPSA) is 55.1 Å². The van der Waals surface area contributed by atoms with Crippen LogP contribution in [0.25, 0.3) is 0 Å². The highest BCUT2D eigenvalue weighted by Gasteiger charge is 2.35. The van der Waals surface area contributed by atoms with Crippen molar-refractivity contribution < 1.29 is 4.79 Å². The molecule has 0 heterocycles. The van der Waals surface area contributed by atoms with E-state index in [4.69, 9.17) is 5.73 Å². The van der Waals surface area contributed by atoms with E-state index in [9.17, 15) is 4.79 Å². The first kappa shape index (κ1) is 12.7. The number of benzene rings is 1. The fraction of sp³-hybridized carbons (Fsp3) is 0.562. The quantitative estimate of drug-likeness (QED) is 0.857. The van der Waals surface area contributed by atoms with Crippen molar-refractivity contribution in [1.82, 2.24) is 0 Å². The van der Waals surface area contributed by atoms with Crippen molar-refractivity contribution in [1.29, 1.82) is 0 Å². The van der Waals surface area contributed by atoms with E-state index in [1.165, 1.54) is 30.4 Å². The lowest BCUT2D eigenvalue weighted by Gasteiger charge is -2.31. The van der Waals surface area contributed by atoms with Crippen LogP contribution in [0, 0.1) is 0 Å². The van der Waals surface area contributed by atoms with Gasteiger partial charge in [0.2, 0.25) is 5.91 Å².